The highest BCUT2D eigenvalue weighted by molar-refractivity contribution is 6.42. The van der Waals surface area contributed by atoms with Crippen molar-refractivity contribution in [3.63, 3.8) is 0 Å². The predicted octanol–water partition coefficient (Wildman–Crippen LogP) is 9.64. The van der Waals surface area contributed by atoms with Crippen LogP contribution < -0.4 is 0 Å². The Morgan fingerprint density at radius 2 is 1.35 bits per heavy atom. The monoisotopic (exact) mass is 683 g/mol. The number of hydrogen-bond acceptors (Lipinski definition) is 5. The van der Waals surface area contributed by atoms with Crippen LogP contribution in [0.1, 0.15) is 45.3 Å². The molecule has 0 radical (unpaired) electrons. The second-order valence-corrected chi connectivity index (χ2v) is 13.5. The largest absolute Gasteiger partial charge is 0.468 e. The van der Waals surface area contributed by atoms with Gasteiger partial charge in [0.2, 0.25) is 0 Å². The Morgan fingerprint density at radius 1 is 0.735 bits per heavy atom. The van der Waals surface area contributed by atoms with Gasteiger partial charge in [0.25, 0.3) is 0 Å². The number of ether oxygens (including phenoxy) is 1. The van der Waals surface area contributed by atoms with Crippen molar-refractivity contribution in [2.24, 2.45) is 11.3 Å². The minimum atomic E-state index is -1.96. The minimum Gasteiger partial charge on any atom is -0.468 e. The second kappa shape index (κ2) is 12.8. The molecule has 7 heteroatoms. The van der Waals surface area contributed by atoms with E-state index in [4.69, 9.17) is 27.9 Å². The third kappa shape index (κ3) is 5.37. The fraction of sp³-hybridized carbons (Fsp3) is 0.167. The van der Waals surface area contributed by atoms with Gasteiger partial charge in [-0.05, 0) is 68.9 Å². The molecule has 6 aromatic carbocycles. The number of aliphatic hydroxyl groups is 1. The molecule has 6 aromatic rings. The fourth-order valence-corrected chi connectivity index (χ4v) is 8.16. The lowest BCUT2D eigenvalue weighted by molar-refractivity contribution is -0.162. The number of benzene rings is 6. The first-order valence-corrected chi connectivity index (χ1v) is 16.7. The maximum Gasteiger partial charge on any atom is 0.327 e. The van der Waals surface area contributed by atoms with E-state index in [1.807, 2.05) is 78.9 Å². The maximum absolute atomic E-state index is 15.3. The Labute approximate surface area is 294 Å². The van der Waals surface area contributed by atoms with Crippen LogP contribution in [-0.2, 0) is 15.1 Å². The fourth-order valence-electron chi connectivity index (χ4n) is 7.86. The molecule has 0 heterocycles. The molecule has 1 saturated carbocycles. The highest BCUT2D eigenvalue weighted by Gasteiger charge is 2.67. The number of fused-ring (bicyclic) bond motifs is 2. The van der Waals surface area contributed by atoms with Gasteiger partial charge in [-0.1, -0.05) is 132 Å². The van der Waals surface area contributed by atoms with Gasteiger partial charge in [0.15, 0.2) is 11.2 Å². The summed E-state index contributed by atoms with van der Waals surface area (Å²) in [5, 5.41) is 28.9. The molecule has 242 valence electrons. The lowest BCUT2D eigenvalue weighted by Gasteiger charge is -2.54. The summed E-state index contributed by atoms with van der Waals surface area (Å²) in [5.74, 6) is -4.63. The van der Waals surface area contributed by atoms with E-state index in [0.29, 0.717) is 27.3 Å². The average Bonchev–Trinajstić information content (AvgIpc) is 3.14. The van der Waals surface area contributed by atoms with Crippen molar-refractivity contribution in [3.8, 4) is 6.07 Å². The minimum absolute atomic E-state index is 0.167. The predicted molar refractivity (Wildman–Crippen MR) is 193 cm³/mol. The maximum atomic E-state index is 15.3. The van der Waals surface area contributed by atoms with Gasteiger partial charge in [-0.2, -0.15) is 5.26 Å². The molecule has 0 unspecified atom stereocenters. The zero-order valence-electron chi connectivity index (χ0n) is 26.5. The first kappa shape index (κ1) is 32.6. The van der Waals surface area contributed by atoms with Crippen molar-refractivity contribution in [2.75, 3.05) is 7.11 Å². The van der Waals surface area contributed by atoms with Crippen LogP contribution in [0, 0.1) is 22.7 Å². The van der Waals surface area contributed by atoms with Crippen molar-refractivity contribution < 1.29 is 19.4 Å². The Balaban J connectivity index is 1.57. The number of esters is 1. The Morgan fingerprint density at radius 3 is 1.98 bits per heavy atom. The molecule has 0 bridgehead atoms. The van der Waals surface area contributed by atoms with E-state index in [-0.39, 0.29) is 11.4 Å². The van der Waals surface area contributed by atoms with Crippen molar-refractivity contribution in [2.45, 2.75) is 23.9 Å². The number of Topliss-reactive ketones (excluding diaryl/α,β-unsaturated/α-hetero) is 1. The van der Waals surface area contributed by atoms with E-state index >= 15 is 4.79 Å². The first-order chi connectivity index (χ1) is 23.7. The van der Waals surface area contributed by atoms with Gasteiger partial charge in [-0.15, -0.1) is 0 Å². The summed E-state index contributed by atoms with van der Waals surface area (Å²) in [4.78, 5) is 29.6. The van der Waals surface area contributed by atoms with Gasteiger partial charge in [0.1, 0.15) is 5.60 Å². The first-order valence-electron chi connectivity index (χ1n) is 16.0. The summed E-state index contributed by atoms with van der Waals surface area (Å²) in [6.45, 7) is 0. The van der Waals surface area contributed by atoms with Crippen molar-refractivity contribution in [1.29, 1.82) is 5.26 Å². The lowest BCUT2D eigenvalue weighted by atomic mass is 9.47. The molecule has 0 aliphatic heterocycles. The molecule has 1 fully saturated rings. The Bertz CT molecular complexity index is 2280. The summed E-state index contributed by atoms with van der Waals surface area (Å²) >= 11 is 12.9. The summed E-state index contributed by atoms with van der Waals surface area (Å²) in [5.41, 5.74) is -1.94. The highest BCUT2D eigenvalue weighted by atomic mass is 35.5. The molecular formula is C42H31Cl2NO4. The Kier molecular flexibility index (Phi) is 8.50. The smallest absolute Gasteiger partial charge is 0.327 e. The molecule has 0 spiro atoms. The van der Waals surface area contributed by atoms with Gasteiger partial charge < -0.3 is 9.84 Å². The number of rotatable bonds is 6. The highest BCUT2D eigenvalue weighted by Crippen LogP contribution is 2.64. The molecule has 0 amide bonds. The molecule has 5 nitrogen and oxygen atoms in total. The second-order valence-electron chi connectivity index (χ2n) is 12.7. The van der Waals surface area contributed by atoms with Crippen LogP contribution in [0.3, 0.4) is 0 Å². The Hall–Kier alpha value is -4.99. The van der Waals surface area contributed by atoms with Gasteiger partial charge in [0, 0.05) is 17.4 Å². The zero-order chi connectivity index (χ0) is 34.3. The number of halogens is 2. The van der Waals surface area contributed by atoms with Crippen LogP contribution in [0.15, 0.2) is 133 Å². The van der Waals surface area contributed by atoms with Crippen molar-refractivity contribution >= 4 is 56.5 Å². The molecule has 49 heavy (non-hydrogen) atoms. The van der Waals surface area contributed by atoms with Crippen LogP contribution in [0.2, 0.25) is 10.0 Å². The molecular weight excluding hydrogens is 653 g/mol. The van der Waals surface area contributed by atoms with E-state index < -0.39 is 40.5 Å². The average molecular weight is 685 g/mol. The van der Waals surface area contributed by atoms with Gasteiger partial charge in [-0.3, -0.25) is 9.59 Å². The quantitative estimate of drug-likeness (QED) is 0.140. The van der Waals surface area contributed by atoms with E-state index in [1.54, 1.807) is 54.6 Å². The number of ketones is 1. The van der Waals surface area contributed by atoms with Crippen LogP contribution in [0.5, 0.6) is 0 Å². The van der Waals surface area contributed by atoms with Crippen LogP contribution in [0.4, 0.5) is 0 Å². The number of carbonyl (C=O) groups is 2. The van der Waals surface area contributed by atoms with E-state index in [0.717, 1.165) is 21.5 Å². The molecule has 0 aromatic heterocycles. The van der Waals surface area contributed by atoms with Crippen molar-refractivity contribution in [1.82, 2.24) is 0 Å². The third-order valence-electron chi connectivity index (χ3n) is 10.2. The summed E-state index contributed by atoms with van der Waals surface area (Å²) in [7, 11) is 1.24. The lowest BCUT2D eigenvalue weighted by Crippen LogP contribution is -2.59. The number of carbonyl (C=O) groups excluding carboxylic acids is 2. The topological polar surface area (TPSA) is 87.4 Å². The van der Waals surface area contributed by atoms with Gasteiger partial charge >= 0.3 is 5.97 Å². The van der Waals surface area contributed by atoms with E-state index in [2.05, 4.69) is 6.07 Å². The molecule has 0 saturated heterocycles. The number of nitriles is 1. The number of nitrogens with zero attached hydrogens (tertiary/aromatic N) is 1. The zero-order valence-corrected chi connectivity index (χ0v) is 28.0. The number of methoxy groups -OCH3 is 1. The van der Waals surface area contributed by atoms with E-state index in [1.165, 1.54) is 7.11 Å². The standard InChI is InChI=1S/C42H31Cl2NO4/c1-49-40(47)41(25-45)34(31-18-20-35(43)36(44)23-31)24-42(48,33-19-17-27-10-6-8-14-30(27)22-33)38(37(41)28-11-3-2-4-12-28)39(46)32-16-15-26-9-5-7-13-29(26)21-32/h2-23,34,37-38,48H,24H2,1H3/t34-,37+,38+,41+,42-/m0/s1. The molecule has 1 aliphatic rings. The SMILES string of the molecule is COC(=O)[C@@]1(C#N)[C@H](c2ccccc2)[C@H](C(=O)c2ccc3ccccc3c2)[C@@](O)(c2ccc3ccccc3c2)C[C@H]1c1ccc(Cl)c(Cl)c1. The number of hydrogen-bond donors (Lipinski definition) is 1. The van der Waals surface area contributed by atoms with Crippen molar-refractivity contribution in [3.05, 3.63) is 166 Å². The molecule has 1 aliphatic carbocycles. The molecule has 1 N–H and O–H groups in total. The molecule has 5 atom stereocenters. The van der Waals surface area contributed by atoms with E-state index in [9.17, 15) is 15.2 Å². The van der Waals surface area contributed by atoms with Gasteiger partial charge in [-0.25, -0.2) is 0 Å². The third-order valence-corrected chi connectivity index (χ3v) is 10.9. The normalized spacial score (nSPS) is 23.5. The summed E-state index contributed by atoms with van der Waals surface area (Å²) in [6.07, 6.45) is -0.167. The molecule has 7 rings (SSSR count). The van der Waals surface area contributed by atoms with Crippen LogP contribution in [0.25, 0.3) is 21.5 Å². The summed E-state index contributed by atoms with van der Waals surface area (Å²) < 4.78 is 5.45. The summed E-state index contributed by atoms with van der Waals surface area (Å²) in [6, 6.07) is 42.8. The van der Waals surface area contributed by atoms with Crippen LogP contribution in [-0.4, -0.2) is 24.0 Å². The van der Waals surface area contributed by atoms with Gasteiger partial charge in [0.05, 0.1) is 29.1 Å². The van der Waals surface area contributed by atoms with Crippen LogP contribution >= 0.6 is 23.2 Å².